The lowest BCUT2D eigenvalue weighted by molar-refractivity contribution is 0.0919. The maximum Gasteiger partial charge on any atom is 0.173 e. The van der Waals surface area contributed by atoms with Crippen LogP contribution in [-0.4, -0.2) is 11.6 Å². The first-order chi connectivity index (χ1) is 9.06. The molecule has 19 heavy (non-hydrogen) atoms. The molecule has 0 N–H and O–H groups in total. The van der Waals surface area contributed by atoms with E-state index < -0.39 is 0 Å². The topological polar surface area (TPSA) is 34.1 Å². The zero-order chi connectivity index (χ0) is 13.8. The van der Waals surface area contributed by atoms with Crippen molar-refractivity contribution in [1.82, 2.24) is 0 Å². The van der Waals surface area contributed by atoms with Gasteiger partial charge in [-0.2, -0.15) is 0 Å². The van der Waals surface area contributed by atoms with Crippen molar-refractivity contribution in [3.63, 3.8) is 0 Å². The van der Waals surface area contributed by atoms with Gasteiger partial charge in [-0.15, -0.1) is 11.3 Å². The summed E-state index contributed by atoms with van der Waals surface area (Å²) in [6, 6.07) is 10.8. The molecule has 2 rings (SSSR count). The molecule has 4 heteroatoms. The molecule has 0 fully saturated rings. The third kappa shape index (κ3) is 3.75. The maximum absolute atomic E-state index is 11.9. The van der Waals surface area contributed by atoms with Gasteiger partial charge in [0.2, 0.25) is 0 Å². The monoisotopic (exact) mass is 292 g/mol. The highest BCUT2D eigenvalue weighted by Gasteiger charge is 2.12. The zero-order valence-electron chi connectivity index (χ0n) is 10.5. The average molecular weight is 293 g/mol. The fourth-order valence-electron chi connectivity index (χ4n) is 1.70. The van der Waals surface area contributed by atoms with Gasteiger partial charge in [0.05, 0.1) is 9.21 Å². The van der Waals surface area contributed by atoms with Gasteiger partial charge in [0.1, 0.15) is 0 Å². The minimum Gasteiger partial charge on any atom is -0.294 e. The highest BCUT2D eigenvalue weighted by atomic mass is 35.5. The number of aryl methyl sites for hydroxylation is 1. The van der Waals surface area contributed by atoms with Crippen LogP contribution in [0.4, 0.5) is 0 Å². The molecule has 1 aromatic heterocycles. The summed E-state index contributed by atoms with van der Waals surface area (Å²) >= 11 is 7.03. The first-order valence-electron chi connectivity index (χ1n) is 5.94. The van der Waals surface area contributed by atoms with Gasteiger partial charge in [-0.05, 0) is 19.1 Å². The number of carbonyl (C=O) groups is 2. The second-order valence-electron chi connectivity index (χ2n) is 4.32. The van der Waals surface area contributed by atoms with Crippen LogP contribution in [0.5, 0.6) is 0 Å². The summed E-state index contributed by atoms with van der Waals surface area (Å²) in [7, 11) is 0. The van der Waals surface area contributed by atoms with Gasteiger partial charge in [-0.1, -0.05) is 41.4 Å². The molecule has 2 aromatic rings. The van der Waals surface area contributed by atoms with Gasteiger partial charge in [0.25, 0.3) is 0 Å². The minimum atomic E-state index is -0.0302. The normalized spacial score (nSPS) is 10.4. The molecule has 0 saturated heterocycles. The number of hydrogen-bond donors (Lipinski definition) is 0. The summed E-state index contributed by atoms with van der Waals surface area (Å²) in [4.78, 5) is 24.4. The van der Waals surface area contributed by atoms with Crippen molar-refractivity contribution in [2.45, 2.75) is 19.8 Å². The molecule has 0 bridgehead atoms. The summed E-state index contributed by atoms with van der Waals surface area (Å²) in [6.07, 6.45) is 0.459. The highest BCUT2D eigenvalue weighted by Crippen LogP contribution is 2.23. The van der Waals surface area contributed by atoms with Gasteiger partial charge in [0.15, 0.2) is 11.6 Å². The third-order valence-corrected chi connectivity index (χ3v) is 4.07. The lowest BCUT2D eigenvalue weighted by atomic mass is 10.0. The van der Waals surface area contributed by atoms with Gasteiger partial charge in [-0.25, -0.2) is 0 Å². The van der Waals surface area contributed by atoms with E-state index in [1.165, 1.54) is 11.3 Å². The largest absolute Gasteiger partial charge is 0.294 e. The van der Waals surface area contributed by atoms with Crippen LogP contribution in [-0.2, 0) is 0 Å². The molecule has 0 aliphatic heterocycles. The van der Waals surface area contributed by atoms with E-state index in [4.69, 9.17) is 11.6 Å². The Balaban J connectivity index is 1.93. The molecule has 0 spiro atoms. The highest BCUT2D eigenvalue weighted by molar-refractivity contribution is 7.18. The van der Waals surface area contributed by atoms with Crippen molar-refractivity contribution < 1.29 is 9.59 Å². The van der Waals surface area contributed by atoms with Crippen molar-refractivity contribution in [3.05, 3.63) is 56.7 Å². The third-order valence-electron chi connectivity index (χ3n) is 2.80. The molecule has 2 nitrogen and oxygen atoms in total. The standard InChI is InChI=1S/C15H13ClO2S/c1-10-2-4-11(5-3-10)12(17)6-7-13(18)14-8-9-15(16)19-14/h2-5,8-9H,6-7H2,1H3. The van der Waals surface area contributed by atoms with Crippen LogP contribution < -0.4 is 0 Å². The van der Waals surface area contributed by atoms with Crippen LogP contribution in [0.15, 0.2) is 36.4 Å². The van der Waals surface area contributed by atoms with E-state index in [1.807, 2.05) is 19.1 Å². The van der Waals surface area contributed by atoms with E-state index in [0.717, 1.165) is 5.56 Å². The molecule has 98 valence electrons. The second kappa shape index (κ2) is 6.13. The number of hydrogen-bond acceptors (Lipinski definition) is 3. The molecule has 0 radical (unpaired) electrons. The van der Waals surface area contributed by atoms with Crippen LogP contribution in [0.1, 0.15) is 38.4 Å². The number of ketones is 2. The van der Waals surface area contributed by atoms with Crippen molar-refractivity contribution in [1.29, 1.82) is 0 Å². The summed E-state index contributed by atoms with van der Waals surface area (Å²) < 4.78 is 0.591. The number of rotatable bonds is 5. The summed E-state index contributed by atoms with van der Waals surface area (Å²) in [5, 5.41) is 0. The Hall–Kier alpha value is -1.45. The summed E-state index contributed by atoms with van der Waals surface area (Å²) in [5.41, 5.74) is 1.77. The molecular weight excluding hydrogens is 280 g/mol. The molecule has 0 aliphatic carbocycles. The lowest BCUT2D eigenvalue weighted by Gasteiger charge is -2.01. The molecule has 0 unspecified atom stereocenters. The quantitative estimate of drug-likeness (QED) is 0.757. The minimum absolute atomic E-state index is 0.00370. The second-order valence-corrected chi connectivity index (χ2v) is 6.03. The fraction of sp³-hybridized carbons (Fsp3) is 0.200. The molecule has 0 aliphatic rings. The average Bonchev–Trinajstić information content (AvgIpc) is 2.83. The molecular formula is C15H13ClO2S. The fourth-order valence-corrected chi connectivity index (χ4v) is 2.71. The predicted octanol–water partition coefficient (Wildman–Crippen LogP) is 4.56. The lowest BCUT2D eigenvalue weighted by Crippen LogP contribution is -2.04. The molecule has 0 saturated carbocycles. The van der Waals surface area contributed by atoms with Crippen molar-refractivity contribution in [2.24, 2.45) is 0 Å². The number of benzene rings is 1. The van der Waals surface area contributed by atoms with E-state index >= 15 is 0 Å². The van der Waals surface area contributed by atoms with E-state index in [2.05, 4.69) is 0 Å². The van der Waals surface area contributed by atoms with Crippen LogP contribution in [0.25, 0.3) is 0 Å². The maximum atomic E-state index is 11.9. The van der Waals surface area contributed by atoms with E-state index in [9.17, 15) is 9.59 Å². The number of halogens is 1. The van der Waals surface area contributed by atoms with Crippen molar-refractivity contribution in [3.8, 4) is 0 Å². The molecule has 0 amide bonds. The van der Waals surface area contributed by atoms with Crippen LogP contribution in [0.3, 0.4) is 0 Å². The van der Waals surface area contributed by atoms with Gasteiger partial charge < -0.3 is 0 Å². The van der Waals surface area contributed by atoms with Gasteiger partial charge in [0, 0.05) is 18.4 Å². The molecule has 1 aromatic carbocycles. The van der Waals surface area contributed by atoms with Crippen molar-refractivity contribution in [2.75, 3.05) is 0 Å². The van der Waals surface area contributed by atoms with Crippen LogP contribution in [0.2, 0.25) is 4.34 Å². The number of carbonyl (C=O) groups excluding carboxylic acids is 2. The Bertz CT molecular complexity index is 599. The van der Waals surface area contributed by atoms with E-state index in [0.29, 0.717) is 14.8 Å². The Labute approximate surface area is 121 Å². The smallest absolute Gasteiger partial charge is 0.173 e. The van der Waals surface area contributed by atoms with Crippen LogP contribution >= 0.6 is 22.9 Å². The Morgan fingerprint density at radius 1 is 1.00 bits per heavy atom. The number of thiophene rings is 1. The van der Waals surface area contributed by atoms with Crippen molar-refractivity contribution >= 4 is 34.5 Å². The number of Topliss-reactive ketones (excluding diaryl/α,β-unsaturated/α-hetero) is 2. The van der Waals surface area contributed by atoms with Crippen LogP contribution in [0, 0.1) is 6.92 Å². The summed E-state index contributed by atoms with van der Waals surface area (Å²) in [6.45, 7) is 1.97. The molecule has 1 heterocycles. The SMILES string of the molecule is Cc1ccc(C(=O)CCC(=O)c2ccc(Cl)s2)cc1. The Kier molecular flexibility index (Phi) is 4.51. The van der Waals surface area contributed by atoms with Gasteiger partial charge in [-0.3, -0.25) is 9.59 Å². The van der Waals surface area contributed by atoms with E-state index in [1.54, 1.807) is 24.3 Å². The first kappa shape index (κ1) is 14.0. The molecule has 0 atom stereocenters. The predicted molar refractivity (Wildman–Crippen MR) is 78.4 cm³/mol. The van der Waals surface area contributed by atoms with Gasteiger partial charge >= 0.3 is 0 Å². The zero-order valence-corrected chi connectivity index (χ0v) is 12.1. The van der Waals surface area contributed by atoms with E-state index in [-0.39, 0.29) is 24.4 Å². The Morgan fingerprint density at radius 2 is 1.63 bits per heavy atom. The summed E-state index contributed by atoms with van der Waals surface area (Å²) in [5.74, 6) is -0.0339. The Morgan fingerprint density at radius 3 is 2.21 bits per heavy atom. The first-order valence-corrected chi connectivity index (χ1v) is 7.14.